The van der Waals surface area contributed by atoms with E-state index in [1.54, 1.807) is 0 Å². The summed E-state index contributed by atoms with van der Waals surface area (Å²) in [5.74, 6) is 1.76. The highest BCUT2D eigenvalue weighted by molar-refractivity contribution is 7.80. The van der Waals surface area contributed by atoms with Gasteiger partial charge in [0.15, 0.2) is 0 Å². The van der Waals surface area contributed by atoms with E-state index in [0.717, 1.165) is 34.7 Å². The molecule has 1 aromatic heterocycles. The van der Waals surface area contributed by atoms with Crippen LogP contribution in [0.15, 0.2) is 16.3 Å². The molecule has 4 heteroatoms. The molecule has 0 bridgehead atoms. The molecule has 3 rings (SSSR count). The Balaban J connectivity index is 1.73. The molecule has 1 aromatic rings. The maximum absolute atomic E-state index is 12.2. The van der Waals surface area contributed by atoms with E-state index < -0.39 is 0 Å². The number of carbonyl (C=O) groups excluding carboxylic acids is 1. The highest BCUT2D eigenvalue weighted by Crippen LogP contribution is 2.38. The minimum absolute atomic E-state index is 0.208. The van der Waals surface area contributed by atoms with Crippen molar-refractivity contribution in [2.24, 2.45) is 11.8 Å². The SMILES string of the molecule is O=C(c1cc(S)cs1)N1CC2CCCC2C1. The highest BCUT2D eigenvalue weighted by Gasteiger charge is 2.38. The number of fused-ring (bicyclic) bond motifs is 1. The Hall–Kier alpha value is -0.480. The monoisotopic (exact) mass is 253 g/mol. The van der Waals surface area contributed by atoms with Gasteiger partial charge in [-0.1, -0.05) is 6.42 Å². The van der Waals surface area contributed by atoms with Crippen LogP contribution in [0.5, 0.6) is 0 Å². The zero-order valence-electron chi connectivity index (χ0n) is 9.06. The van der Waals surface area contributed by atoms with Crippen LogP contribution in [0.3, 0.4) is 0 Å². The van der Waals surface area contributed by atoms with Crippen LogP contribution in [0, 0.1) is 11.8 Å². The Bertz CT molecular complexity index is 403. The Labute approximate surface area is 105 Å². The third kappa shape index (κ3) is 1.78. The van der Waals surface area contributed by atoms with Crippen molar-refractivity contribution >= 4 is 29.9 Å². The van der Waals surface area contributed by atoms with Gasteiger partial charge in [0, 0.05) is 23.4 Å². The number of rotatable bonds is 1. The largest absolute Gasteiger partial charge is 0.337 e. The summed E-state index contributed by atoms with van der Waals surface area (Å²) in [5.41, 5.74) is 0. The molecule has 1 saturated carbocycles. The molecule has 2 fully saturated rings. The van der Waals surface area contributed by atoms with Crippen molar-refractivity contribution in [1.82, 2.24) is 4.90 Å². The molecule has 86 valence electrons. The van der Waals surface area contributed by atoms with Gasteiger partial charge in [0.25, 0.3) is 5.91 Å². The molecular formula is C12H15NOS2. The summed E-state index contributed by atoms with van der Waals surface area (Å²) >= 11 is 5.75. The Morgan fingerprint density at radius 2 is 2.06 bits per heavy atom. The van der Waals surface area contributed by atoms with Gasteiger partial charge in [-0.25, -0.2) is 0 Å². The van der Waals surface area contributed by atoms with Crippen molar-refractivity contribution in [1.29, 1.82) is 0 Å². The molecule has 2 heterocycles. The van der Waals surface area contributed by atoms with Crippen LogP contribution >= 0.6 is 24.0 Å². The van der Waals surface area contributed by atoms with Gasteiger partial charge in [-0.15, -0.1) is 24.0 Å². The zero-order chi connectivity index (χ0) is 11.1. The van der Waals surface area contributed by atoms with Gasteiger partial charge in [-0.2, -0.15) is 0 Å². The van der Waals surface area contributed by atoms with Gasteiger partial charge in [0.1, 0.15) is 0 Å². The quantitative estimate of drug-likeness (QED) is 0.763. The molecule has 2 nitrogen and oxygen atoms in total. The van der Waals surface area contributed by atoms with Crippen LogP contribution in [-0.2, 0) is 0 Å². The lowest BCUT2D eigenvalue weighted by molar-refractivity contribution is 0.0785. The summed E-state index contributed by atoms with van der Waals surface area (Å²) in [7, 11) is 0. The van der Waals surface area contributed by atoms with E-state index in [9.17, 15) is 4.79 Å². The Kier molecular flexibility index (Phi) is 2.72. The molecule has 1 aliphatic carbocycles. The molecule has 0 aromatic carbocycles. The van der Waals surface area contributed by atoms with Crippen LogP contribution in [0.25, 0.3) is 0 Å². The molecular weight excluding hydrogens is 238 g/mol. The summed E-state index contributed by atoms with van der Waals surface area (Å²) in [6, 6.07) is 1.88. The van der Waals surface area contributed by atoms with E-state index in [2.05, 4.69) is 12.6 Å². The van der Waals surface area contributed by atoms with Crippen molar-refractivity contribution < 1.29 is 4.79 Å². The van der Waals surface area contributed by atoms with Crippen molar-refractivity contribution in [3.8, 4) is 0 Å². The number of amides is 1. The molecule has 0 radical (unpaired) electrons. The lowest BCUT2D eigenvalue weighted by Gasteiger charge is -2.15. The number of hydrogen-bond acceptors (Lipinski definition) is 3. The molecule has 2 aliphatic rings. The number of thiophene rings is 1. The van der Waals surface area contributed by atoms with Crippen LogP contribution in [-0.4, -0.2) is 23.9 Å². The number of thiol groups is 1. The summed E-state index contributed by atoms with van der Waals surface area (Å²) in [5, 5.41) is 1.92. The predicted octanol–water partition coefficient (Wildman–Crippen LogP) is 2.91. The third-order valence-electron chi connectivity index (χ3n) is 3.81. The minimum Gasteiger partial charge on any atom is -0.337 e. The van der Waals surface area contributed by atoms with Crippen LogP contribution in [0.4, 0.5) is 0 Å². The Morgan fingerprint density at radius 3 is 2.62 bits per heavy atom. The second-order valence-corrected chi connectivity index (χ2v) is 6.26. The molecule has 1 saturated heterocycles. The van der Waals surface area contributed by atoms with E-state index >= 15 is 0 Å². The van der Waals surface area contributed by atoms with Crippen LogP contribution in [0.2, 0.25) is 0 Å². The van der Waals surface area contributed by atoms with E-state index in [0.29, 0.717) is 0 Å². The van der Waals surface area contributed by atoms with E-state index in [1.807, 2.05) is 16.3 Å². The summed E-state index contributed by atoms with van der Waals surface area (Å²) in [4.78, 5) is 16.0. The average Bonchev–Trinajstić information content (AvgIpc) is 2.89. The maximum atomic E-state index is 12.2. The van der Waals surface area contributed by atoms with Gasteiger partial charge in [0.05, 0.1) is 4.88 Å². The second-order valence-electron chi connectivity index (χ2n) is 4.83. The molecule has 0 spiro atoms. The third-order valence-corrected chi connectivity index (χ3v) is 5.16. The van der Waals surface area contributed by atoms with Gasteiger partial charge in [-0.05, 0) is 30.7 Å². The normalized spacial score (nSPS) is 28.4. The van der Waals surface area contributed by atoms with E-state index in [4.69, 9.17) is 0 Å². The molecule has 2 unspecified atom stereocenters. The summed E-state index contributed by atoms with van der Waals surface area (Å²) in [6.07, 6.45) is 3.99. The number of nitrogens with zero attached hydrogens (tertiary/aromatic N) is 1. The van der Waals surface area contributed by atoms with Crippen LogP contribution in [0.1, 0.15) is 28.9 Å². The van der Waals surface area contributed by atoms with Gasteiger partial charge in [0.2, 0.25) is 0 Å². The Morgan fingerprint density at radius 1 is 1.38 bits per heavy atom. The summed E-state index contributed by atoms with van der Waals surface area (Å²) in [6.45, 7) is 1.95. The summed E-state index contributed by atoms with van der Waals surface area (Å²) < 4.78 is 0. The van der Waals surface area contributed by atoms with Crippen molar-refractivity contribution in [2.75, 3.05) is 13.1 Å². The standard InChI is InChI=1S/C12H15NOS2/c14-12(11-4-10(15)7-16-11)13-5-8-2-1-3-9(8)6-13/h4,7-9,15H,1-3,5-6H2. The zero-order valence-corrected chi connectivity index (χ0v) is 10.8. The number of likely N-dealkylation sites (tertiary alicyclic amines) is 1. The molecule has 16 heavy (non-hydrogen) atoms. The van der Waals surface area contributed by atoms with Crippen molar-refractivity contribution in [3.05, 3.63) is 16.3 Å². The van der Waals surface area contributed by atoms with Crippen molar-refractivity contribution in [3.63, 3.8) is 0 Å². The average molecular weight is 253 g/mol. The van der Waals surface area contributed by atoms with Gasteiger partial charge >= 0.3 is 0 Å². The maximum Gasteiger partial charge on any atom is 0.263 e. The second kappa shape index (κ2) is 4.08. The number of hydrogen-bond donors (Lipinski definition) is 1. The van der Waals surface area contributed by atoms with Gasteiger partial charge in [-0.3, -0.25) is 4.79 Å². The smallest absolute Gasteiger partial charge is 0.263 e. The van der Waals surface area contributed by atoms with Crippen LogP contribution < -0.4 is 0 Å². The fourth-order valence-electron chi connectivity index (χ4n) is 3.00. The predicted molar refractivity (Wildman–Crippen MR) is 68.3 cm³/mol. The highest BCUT2D eigenvalue weighted by atomic mass is 32.1. The molecule has 0 N–H and O–H groups in total. The van der Waals surface area contributed by atoms with Crippen molar-refractivity contribution in [2.45, 2.75) is 24.2 Å². The first kappa shape index (κ1) is 10.7. The minimum atomic E-state index is 0.208. The van der Waals surface area contributed by atoms with E-state index in [1.165, 1.54) is 30.6 Å². The molecule has 2 atom stereocenters. The van der Waals surface area contributed by atoms with E-state index in [-0.39, 0.29) is 5.91 Å². The van der Waals surface area contributed by atoms with Gasteiger partial charge < -0.3 is 4.90 Å². The lowest BCUT2D eigenvalue weighted by Crippen LogP contribution is -2.28. The fourth-order valence-corrected chi connectivity index (χ4v) is 4.11. The topological polar surface area (TPSA) is 20.3 Å². The lowest BCUT2D eigenvalue weighted by atomic mass is 10.0. The first-order valence-electron chi connectivity index (χ1n) is 5.81. The first-order chi connectivity index (χ1) is 7.74. The fraction of sp³-hybridized carbons (Fsp3) is 0.583. The molecule has 1 aliphatic heterocycles. The first-order valence-corrected chi connectivity index (χ1v) is 7.13. The number of carbonyl (C=O) groups is 1. The molecule has 1 amide bonds.